The van der Waals surface area contributed by atoms with Gasteiger partial charge in [-0.2, -0.15) is 0 Å². The maximum absolute atomic E-state index is 12.9. The van der Waals surface area contributed by atoms with E-state index in [1.54, 1.807) is 0 Å². The molecule has 1 N–H and O–H groups in total. The zero-order valence-electron chi connectivity index (χ0n) is 15.5. The standard InChI is InChI=1S/C17H34N4O2/c1-14-12-19(13-17(3,4)23)8-11-21(14)16(22)15(2)20-9-6-18(5)7-10-20/h14-15,23H,6-13H2,1-5H3. The van der Waals surface area contributed by atoms with Gasteiger partial charge in [-0.15, -0.1) is 0 Å². The van der Waals surface area contributed by atoms with Crippen molar-refractivity contribution in [3.05, 3.63) is 0 Å². The monoisotopic (exact) mass is 326 g/mol. The van der Waals surface area contributed by atoms with Gasteiger partial charge in [0.15, 0.2) is 0 Å². The summed E-state index contributed by atoms with van der Waals surface area (Å²) in [5, 5.41) is 9.98. The second-order valence-electron chi connectivity index (χ2n) is 7.94. The van der Waals surface area contributed by atoms with Crippen LogP contribution in [-0.4, -0.2) is 108 Å². The Morgan fingerprint density at radius 1 is 1.17 bits per heavy atom. The number of rotatable bonds is 4. The van der Waals surface area contributed by atoms with E-state index in [9.17, 15) is 9.90 Å². The van der Waals surface area contributed by atoms with E-state index < -0.39 is 5.60 Å². The summed E-state index contributed by atoms with van der Waals surface area (Å²) in [6, 6.07) is 0.167. The predicted molar refractivity (Wildman–Crippen MR) is 92.4 cm³/mol. The normalized spacial score (nSPS) is 27.2. The molecule has 134 valence electrons. The third-order valence-electron chi connectivity index (χ3n) is 5.05. The fourth-order valence-electron chi connectivity index (χ4n) is 3.66. The van der Waals surface area contributed by atoms with Crippen LogP contribution in [0.4, 0.5) is 0 Å². The minimum absolute atomic E-state index is 0.0352. The van der Waals surface area contributed by atoms with E-state index in [1.807, 2.05) is 25.7 Å². The van der Waals surface area contributed by atoms with Crippen molar-refractivity contribution >= 4 is 5.91 Å². The Bertz CT molecular complexity index is 402. The Morgan fingerprint density at radius 3 is 2.30 bits per heavy atom. The first-order valence-electron chi connectivity index (χ1n) is 8.85. The molecule has 0 spiro atoms. The van der Waals surface area contributed by atoms with Crippen LogP contribution in [0.1, 0.15) is 27.7 Å². The highest BCUT2D eigenvalue weighted by Crippen LogP contribution is 2.16. The van der Waals surface area contributed by atoms with Crippen molar-refractivity contribution in [2.24, 2.45) is 0 Å². The van der Waals surface area contributed by atoms with Gasteiger partial charge in [0.05, 0.1) is 11.6 Å². The Labute approximate surface area is 141 Å². The molecule has 0 radical (unpaired) electrons. The molecule has 23 heavy (non-hydrogen) atoms. The molecular weight excluding hydrogens is 292 g/mol. The molecule has 2 rings (SSSR count). The van der Waals surface area contributed by atoms with Gasteiger partial charge in [0.25, 0.3) is 0 Å². The molecule has 1 amide bonds. The number of hydrogen-bond acceptors (Lipinski definition) is 5. The summed E-state index contributed by atoms with van der Waals surface area (Å²) in [6.45, 7) is 14.9. The molecule has 2 unspecified atom stereocenters. The summed E-state index contributed by atoms with van der Waals surface area (Å²) in [5.74, 6) is 0.255. The lowest BCUT2D eigenvalue weighted by molar-refractivity contribution is -0.142. The smallest absolute Gasteiger partial charge is 0.239 e. The first-order valence-corrected chi connectivity index (χ1v) is 8.85. The predicted octanol–water partition coefficient (Wildman–Crippen LogP) is -0.0741. The summed E-state index contributed by atoms with van der Waals surface area (Å²) in [5.41, 5.74) is -0.682. The molecule has 2 atom stereocenters. The van der Waals surface area contributed by atoms with Crippen LogP contribution in [0.2, 0.25) is 0 Å². The Balaban J connectivity index is 1.88. The molecule has 0 aromatic heterocycles. The zero-order valence-corrected chi connectivity index (χ0v) is 15.5. The van der Waals surface area contributed by atoms with Crippen molar-refractivity contribution in [2.75, 3.05) is 59.4 Å². The Morgan fingerprint density at radius 2 is 1.78 bits per heavy atom. The molecule has 2 fully saturated rings. The van der Waals surface area contributed by atoms with Crippen molar-refractivity contribution in [1.29, 1.82) is 0 Å². The molecule has 2 heterocycles. The van der Waals surface area contributed by atoms with Crippen LogP contribution in [0.3, 0.4) is 0 Å². The van der Waals surface area contributed by atoms with E-state index in [0.29, 0.717) is 6.54 Å². The van der Waals surface area contributed by atoms with Crippen LogP contribution in [0.5, 0.6) is 0 Å². The van der Waals surface area contributed by atoms with Crippen molar-refractivity contribution in [3.63, 3.8) is 0 Å². The number of amides is 1. The molecule has 0 aliphatic carbocycles. The van der Waals surface area contributed by atoms with Crippen LogP contribution in [0, 0.1) is 0 Å². The van der Waals surface area contributed by atoms with Gasteiger partial charge in [0.1, 0.15) is 0 Å². The third-order valence-corrected chi connectivity index (χ3v) is 5.05. The largest absolute Gasteiger partial charge is 0.389 e. The van der Waals surface area contributed by atoms with Gasteiger partial charge in [0, 0.05) is 58.4 Å². The van der Waals surface area contributed by atoms with Gasteiger partial charge < -0.3 is 14.9 Å². The molecule has 0 aromatic rings. The number of piperazine rings is 2. The number of carbonyl (C=O) groups is 1. The average Bonchev–Trinajstić information content (AvgIpc) is 2.45. The van der Waals surface area contributed by atoms with Gasteiger partial charge in [-0.05, 0) is 34.7 Å². The highest BCUT2D eigenvalue weighted by atomic mass is 16.3. The zero-order chi connectivity index (χ0) is 17.2. The summed E-state index contributed by atoms with van der Waals surface area (Å²) in [7, 11) is 2.13. The quantitative estimate of drug-likeness (QED) is 0.783. The molecule has 0 aromatic carbocycles. The molecule has 0 bridgehead atoms. The summed E-state index contributed by atoms with van der Waals surface area (Å²) in [4.78, 5) is 21.8. The van der Waals surface area contributed by atoms with Crippen molar-refractivity contribution < 1.29 is 9.90 Å². The van der Waals surface area contributed by atoms with Gasteiger partial charge >= 0.3 is 0 Å². The molecule has 0 saturated carbocycles. The summed E-state index contributed by atoms with van der Waals surface area (Å²) >= 11 is 0. The van der Waals surface area contributed by atoms with E-state index in [2.05, 4.69) is 28.7 Å². The average molecular weight is 326 g/mol. The fraction of sp³-hybridized carbons (Fsp3) is 0.941. The lowest BCUT2D eigenvalue weighted by atomic mass is 10.1. The molecule has 2 aliphatic heterocycles. The molecule has 2 saturated heterocycles. The molecule has 2 aliphatic rings. The Hall–Kier alpha value is -0.690. The lowest BCUT2D eigenvalue weighted by Crippen LogP contribution is -2.60. The first kappa shape index (κ1) is 18.6. The number of likely N-dealkylation sites (N-methyl/N-ethyl adjacent to an activating group) is 1. The maximum Gasteiger partial charge on any atom is 0.239 e. The summed E-state index contributed by atoms with van der Waals surface area (Å²) < 4.78 is 0. The molecular formula is C17H34N4O2. The van der Waals surface area contributed by atoms with E-state index in [4.69, 9.17) is 0 Å². The van der Waals surface area contributed by atoms with E-state index in [0.717, 1.165) is 45.8 Å². The van der Waals surface area contributed by atoms with E-state index in [-0.39, 0.29) is 18.0 Å². The van der Waals surface area contributed by atoms with Crippen LogP contribution in [0.15, 0.2) is 0 Å². The van der Waals surface area contributed by atoms with Crippen molar-refractivity contribution in [2.45, 2.75) is 45.4 Å². The van der Waals surface area contributed by atoms with Crippen LogP contribution >= 0.6 is 0 Å². The topological polar surface area (TPSA) is 50.3 Å². The minimum Gasteiger partial charge on any atom is -0.389 e. The number of carbonyl (C=O) groups excluding carboxylic acids is 1. The number of nitrogens with zero attached hydrogens (tertiary/aromatic N) is 4. The number of aliphatic hydroxyl groups is 1. The van der Waals surface area contributed by atoms with Crippen molar-refractivity contribution in [1.82, 2.24) is 19.6 Å². The Kier molecular flexibility index (Phi) is 6.05. The maximum atomic E-state index is 12.9. The number of hydrogen-bond donors (Lipinski definition) is 1. The van der Waals surface area contributed by atoms with E-state index >= 15 is 0 Å². The van der Waals surface area contributed by atoms with Crippen molar-refractivity contribution in [3.8, 4) is 0 Å². The lowest BCUT2D eigenvalue weighted by Gasteiger charge is -2.44. The van der Waals surface area contributed by atoms with Crippen LogP contribution < -0.4 is 0 Å². The molecule has 6 heteroatoms. The highest BCUT2D eigenvalue weighted by molar-refractivity contribution is 5.82. The van der Waals surface area contributed by atoms with Crippen LogP contribution in [0.25, 0.3) is 0 Å². The van der Waals surface area contributed by atoms with Gasteiger partial charge in [0.2, 0.25) is 5.91 Å². The van der Waals surface area contributed by atoms with Gasteiger partial charge in [-0.25, -0.2) is 0 Å². The third kappa shape index (κ3) is 5.14. The van der Waals surface area contributed by atoms with E-state index in [1.165, 1.54) is 0 Å². The van der Waals surface area contributed by atoms with Gasteiger partial charge in [-0.3, -0.25) is 14.6 Å². The first-order chi connectivity index (χ1) is 10.7. The second-order valence-corrected chi connectivity index (χ2v) is 7.94. The number of β-amino-alcohol motifs (C(OH)–C–C–N with tert-alkyl or cyclic N) is 1. The minimum atomic E-state index is -0.682. The SMILES string of the molecule is CC(C(=O)N1CCN(CC(C)(C)O)CC1C)N1CCN(C)CC1. The highest BCUT2D eigenvalue weighted by Gasteiger charge is 2.34. The summed E-state index contributed by atoms with van der Waals surface area (Å²) in [6.07, 6.45) is 0. The molecule has 6 nitrogen and oxygen atoms in total. The van der Waals surface area contributed by atoms with Gasteiger partial charge in [-0.1, -0.05) is 0 Å². The second kappa shape index (κ2) is 7.47. The van der Waals surface area contributed by atoms with Crippen LogP contribution in [-0.2, 0) is 4.79 Å². The fourth-order valence-corrected chi connectivity index (χ4v) is 3.66.